The second kappa shape index (κ2) is 5.51. The number of carbonyl (C=O) groups excluding carboxylic acids is 1. The Bertz CT molecular complexity index is 842. The number of aromatic nitrogens is 5. The van der Waals surface area contributed by atoms with Gasteiger partial charge in [0.15, 0.2) is 5.65 Å². The number of rotatable bonds is 3. The molecule has 3 heterocycles. The van der Waals surface area contributed by atoms with E-state index in [9.17, 15) is 4.79 Å². The van der Waals surface area contributed by atoms with Gasteiger partial charge in [0.05, 0.1) is 35.6 Å². The van der Waals surface area contributed by atoms with Gasteiger partial charge >= 0.3 is 5.97 Å². The van der Waals surface area contributed by atoms with E-state index in [4.69, 9.17) is 4.74 Å². The molecule has 0 saturated heterocycles. The summed E-state index contributed by atoms with van der Waals surface area (Å²) in [4.78, 5) is 24.7. The maximum atomic E-state index is 12.2. The van der Waals surface area contributed by atoms with Crippen molar-refractivity contribution in [1.29, 1.82) is 0 Å². The molecule has 0 saturated carbocycles. The van der Waals surface area contributed by atoms with E-state index in [2.05, 4.69) is 20.1 Å². The lowest BCUT2D eigenvalue weighted by atomic mass is 10.1. The van der Waals surface area contributed by atoms with E-state index in [0.29, 0.717) is 40.3 Å². The molecule has 0 spiro atoms. The molecule has 22 heavy (non-hydrogen) atoms. The van der Waals surface area contributed by atoms with E-state index < -0.39 is 0 Å². The largest absolute Gasteiger partial charge is 0.462 e. The molecule has 0 radical (unpaired) electrons. The summed E-state index contributed by atoms with van der Waals surface area (Å²) in [6, 6.07) is 1.72. The molecular formula is C15H15N5O2. The lowest BCUT2D eigenvalue weighted by Gasteiger charge is -2.06. The van der Waals surface area contributed by atoms with E-state index in [1.54, 1.807) is 30.1 Å². The zero-order valence-corrected chi connectivity index (χ0v) is 12.6. The van der Waals surface area contributed by atoms with Crippen LogP contribution in [0.4, 0.5) is 0 Å². The Balaban J connectivity index is 2.29. The molecular weight excluding hydrogens is 282 g/mol. The first-order valence-electron chi connectivity index (χ1n) is 6.91. The van der Waals surface area contributed by atoms with Crippen LogP contribution < -0.4 is 0 Å². The lowest BCUT2D eigenvalue weighted by Crippen LogP contribution is -2.07. The van der Waals surface area contributed by atoms with E-state index in [-0.39, 0.29) is 5.97 Å². The highest BCUT2D eigenvalue weighted by molar-refractivity contribution is 6.04. The highest BCUT2D eigenvalue weighted by Gasteiger charge is 2.20. The first-order chi connectivity index (χ1) is 10.6. The number of hydrogen-bond acceptors (Lipinski definition) is 6. The summed E-state index contributed by atoms with van der Waals surface area (Å²) in [6.45, 7) is 5.76. The topological polar surface area (TPSA) is 82.8 Å². The molecule has 7 nitrogen and oxygen atoms in total. The van der Waals surface area contributed by atoms with Crippen LogP contribution in [0.15, 0.2) is 24.8 Å². The van der Waals surface area contributed by atoms with Crippen molar-refractivity contribution in [3.63, 3.8) is 0 Å². The molecule has 3 aromatic heterocycles. The number of carbonyl (C=O) groups is 1. The van der Waals surface area contributed by atoms with Crippen LogP contribution in [0.3, 0.4) is 0 Å². The van der Waals surface area contributed by atoms with E-state index in [1.807, 2.05) is 13.8 Å². The molecule has 0 aliphatic rings. The second-order valence-corrected chi connectivity index (χ2v) is 4.82. The predicted molar refractivity (Wildman–Crippen MR) is 79.9 cm³/mol. The van der Waals surface area contributed by atoms with Crippen molar-refractivity contribution in [3.8, 4) is 5.69 Å². The Kier molecular flexibility index (Phi) is 3.54. The zero-order valence-electron chi connectivity index (χ0n) is 12.6. The summed E-state index contributed by atoms with van der Waals surface area (Å²) < 4.78 is 6.77. The number of nitrogens with zero attached hydrogens (tertiary/aromatic N) is 5. The summed E-state index contributed by atoms with van der Waals surface area (Å²) >= 11 is 0. The van der Waals surface area contributed by atoms with Crippen LogP contribution >= 0.6 is 0 Å². The van der Waals surface area contributed by atoms with Crippen LogP contribution in [-0.2, 0) is 4.74 Å². The molecule has 3 rings (SSSR count). The van der Waals surface area contributed by atoms with Gasteiger partial charge in [-0.3, -0.25) is 0 Å². The third-order valence-corrected chi connectivity index (χ3v) is 3.23. The Labute approximate surface area is 127 Å². The van der Waals surface area contributed by atoms with Crippen LogP contribution in [0.5, 0.6) is 0 Å². The van der Waals surface area contributed by atoms with Crippen molar-refractivity contribution in [3.05, 3.63) is 41.7 Å². The van der Waals surface area contributed by atoms with Crippen LogP contribution in [0.1, 0.15) is 28.7 Å². The van der Waals surface area contributed by atoms with Crippen molar-refractivity contribution < 1.29 is 9.53 Å². The van der Waals surface area contributed by atoms with Crippen molar-refractivity contribution in [2.75, 3.05) is 6.61 Å². The molecule has 3 aromatic rings. The van der Waals surface area contributed by atoms with Crippen molar-refractivity contribution in [2.45, 2.75) is 20.8 Å². The third-order valence-electron chi connectivity index (χ3n) is 3.23. The molecule has 0 aliphatic heterocycles. The van der Waals surface area contributed by atoms with E-state index in [1.165, 1.54) is 6.33 Å². The minimum Gasteiger partial charge on any atom is -0.462 e. The SMILES string of the molecule is CCOC(=O)c1cc(C)nc2c1c(C)nn2-c1cncnc1. The molecule has 0 amide bonds. The van der Waals surface area contributed by atoms with Gasteiger partial charge in [0.2, 0.25) is 0 Å². The second-order valence-electron chi connectivity index (χ2n) is 4.82. The summed E-state index contributed by atoms with van der Waals surface area (Å²) in [5.74, 6) is -0.370. The zero-order chi connectivity index (χ0) is 15.7. The van der Waals surface area contributed by atoms with E-state index >= 15 is 0 Å². The smallest absolute Gasteiger partial charge is 0.339 e. The third kappa shape index (κ3) is 2.30. The van der Waals surface area contributed by atoms with Gasteiger partial charge in [0.25, 0.3) is 0 Å². The van der Waals surface area contributed by atoms with Crippen molar-refractivity contribution in [1.82, 2.24) is 24.7 Å². The Morgan fingerprint density at radius 2 is 2.00 bits per heavy atom. The molecule has 0 fully saturated rings. The monoisotopic (exact) mass is 297 g/mol. The average molecular weight is 297 g/mol. The fraction of sp³-hybridized carbons (Fsp3) is 0.267. The highest BCUT2D eigenvalue weighted by Crippen LogP contribution is 2.24. The Morgan fingerprint density at radius 1 is 1.27 bits per heavy atom. The molecule has 112 valence electrons. The number of hydrogen-bond donors (Lipinski definition) is 0. The molecule has 0 aromatic carbocycles. The maximum absolute atomic E-state index is 12.2. The summed E-state index contributed by atoms with van der Waals surface area (Å²) in [5, 5.41) is 5.16. The van der Waals surface area contributed by atoms with Crippen LogP contribution in [0, 0.1) is 13.8 Å². The number of esters is 1. The summed E-state index contributed by atoms with van der Waals surface area (Å²) in [7, 11) is 0. The fourth-order valence-corrected chi connectivity index (χ4v) is 2.36. The number of pyridine rings is 1. The lowest BCUT2D eigenvalue weighted by molar-refractivity contribution is 0.0528. The quantitative estimate of drug-likeness (QED) is 0.688. The Hall–Kier alpha value is -2.83. The number of aryl methyl sites for hydroxylation is 2. The molecule has 7 heteroatoms. The molecule has 0 unspecified atom stereocenters. The summed E-state index contributed by atoms with van der Waals surface area (Å²) in [5.41, 5.74) is 3.18. The van der Waals surface area contributed by atoms with Gasteiger partial charge in [-0.2, -0.15) is 5.10 Å². The predicted octanol–water partition coefficient (Wildman–Crippen LogP) is 2.00. The van der Waals surface area contributed by atoms with Gasteiger partial charge in [-0.05, 0) is 26.8 Å². The standard InChI is InChI=1S/C15H15N5O2/c1-4-22-15(21)12-5-9(2)18-14-13(12)10(3)19-20(14)11-6-16-8-17-7-11/h5-8H,4H2,1-3H3. The fourth-order valence-electron chi connectivity index (χ4n) is 2.36. The highest BCUT2D eigenvalue weighted by atomic mass is 16.5. The Morgan fingerprint density at radius 3 is 2.68 bits per heavy atom. The number of fused-ring (bicyclic) bond motifs is 1. The van der Waals surface area contributed by atoms with Crippen LogP contribution in [0.2, 0.25) is 0 Å². The van der Waals surface area contributed by atoms with Crippen molar-refractivity contribution in [2.24, 2.45) is 0 Å². The minimum atomic E-state index is -0.370. The van der Waals surface area contributed by atoms with Crippen LogP contribution in [-0.4, -0.2) is 37.3 Å². The van der Waals surface area contributed by atoms with E-state index in [0.717, 1.165) is 0 Å². The minimum absolute atomic E-state index is 0.321. The normalized spacial score (nSPS) is 10.9. The van der Waals surface area contributed by atoms with Gasteiger partial charge < -0.3 is 4.74 Å². The number of ether oxygens (including phenoxy) is 1. The van der Waals surface area contributed by atoms with Gasteiger partial charge in [0, 0.05) is 5.69 Å². The molecule has 0 bridgehead atoms. The average Bonchev–Trinajstić information content (AvgIpc) is 2.84. The molecule has 0 atom stereocenters. The van der Waals surface area contributed by atoms with Gasteiger partial charge in [0.1, 0.15) is 12.0 Å². The maximum Gasteiger partial charge on any atom is 0.339 e. The molecule has 0 aliphatic carbocycles. The molecule has 0 N–H and O–H groups in total. The summed E-state index contributed by atoms with van der Waals surface area (Å²) in [6.07, 6.45) is 4.74. The van der Waals surface area contributed by atoms with Crippen LogP contribution in [0.25, 0.3) is 16.7 Å². The van der Waals surface area contributed by atoms with Crippen molar-refractivity contribution >= 4 is 17.0 Å². The van der Waals surface area contributed by atoms with Gasteiger partial charge in [-0.25, -0.2) is 24.4 Å². The first-order valence-corrected chi connectivity index (χ1v) is 6.91. The van der Waals surface area contributed by atoms with Gasteiger partial charge in [-0.15, -0.1) is 0 Å². The van der Waals surface area contributed by atoms with Gasteiger partial charge in [-0.1, -0.05) is 0 Å². The first kappa shape index (κ1) is 14.1.